The number of aryl methyl sites for hydroxylation is 1. The van der Waals surface area contributed by atoms with Gasteiger partial charge in [0.15, 0.2) is 0 Å². The molecule has 0 saturated carbocycles. The first kappa shape index (κ1) is 20.1. The molecule has 0 spiro atoms. The first-order valence-corrected chi connectivity index (χ1v) is 9.72. The Balaban J connectivity index is 1.95. The van der Waals surface area contributed by atoms with Gasteiger partial charge in [0.1, 0.15) is 0 Å². The van der Waals surface area contributed by atoms with Crippen molar-refractivity contribution in [1.29, 1.82) is 0 Å². The number of hydrogen-bond donors (Lipinski definition) is 0. The molecule has 1 aromatic heterocycles. The van der Waals surface area contributed by atoms with Crippen LogP contribution in [0.4, 0.5) is 5.69 Å². The summed E-state index contributed by atoms with van der Waals surface area (Å²) in [5, 5.41) is 0.638. The van der Waals surface area contributed by atoms with E-state index in [4.69, 9.17) is 11.6 Å². The van der Waals surface area contributed by atoms with Crippen LogP contribution < -0.4 is 4.90 Å². The molecule has 3 nitrogen and oxygen atoms in total. The summed E-state index contributed by atoms with van der Waals surface area (Å²) in [6.45, 7) is 8.82. The number of carbonyl (C=O) groups is 1. The van der Waals surface area contributed by atoms with Gasteiger partial charge >= 0.3 is 0 Å². The van der Waals surface area contributed by atoms with Crippen LogP contribution in [-0.4, -0.2) is 10.9 Å². The van der Waals surface area contributed by atoms with E-state index in [0.717, 1.165) is 17.1 Å². The number of aromatic nitrogens is 1. The van der Waals surface area contributed by atoms with Gasteiger partial charge in [-0.05, 0) is 66.4 Å². The Kier molecular flexibility index (Phi) is 5.85. The smallest absolute Gasteiger partial charge is 0.258 e. The second-order valence-electron chi connectivity index (χ2n) is 7.97. The zero-order chi connectivity index (χ0) is 20.3. The zero-order valence-electron chi connectivity index (χ0n) is 16.7. The second-order valence-corrected chi connectivity index (χ2v) is 8.40. The summed E-state index contributed by atoms with van der Waals surface area (Å²) in [7, 11) is 0. The lowest BCUT2D eigenvalue weighted by molar-refractivity contribution is 0.0984. The van der Waals surface area contributed by atoms with E-state index in [1.54, 1.807) is 17.0 Å². The van der Waals surface area contributed by atoms with E-state index in [1.807, 2.05) is 61.5 Å². The summed E-state index contributed by atoms with van der Waals surface area (Å²) in [5.74, 6) is -0.0638. The average molecular weight is 393 g/mol. The van der Waals surface area contributed by atoms with E-state index in [9.17, 15) is 4.79 Å². The molecule has 0 aliphatic carbocycles. The van der Waals surface area contributed by atoms with Gasteiger partial charge in [-0.3, -0.25) is 9.78 Å². The average Bonchev–Trinajstić information content (AvgIpc) is 2.66. The predicted molar refractivity (Wildman–Crippen MR) is 116 cm³/mol. The lowest BCUT2D eigenvalue weighted by atomic mass is 9.86. The van der Waals surface area contributed by atoms with Crippen molar-refractivity contribution in [3.63, 3.8) is 0 Å². The number of amides is 1. The Labute approximate surface area is 172 Å². The van der Waals surface area contributed by atoms with Crippen molar-refractivity contribution in [3.8, 4) is 0 Å². The van der Waals surface area contributed by atoms with Crippen LogP contribution in [0.3, 0.4) is 0 Å². The van der Waals surface area contributed by atoms with E-state index in [-0.39, 0.29) is 11.3 Å². The van der Waals surface area contributed by atoms with E-state index < -0.39 is 0 Å². The van der Waals surface area contributed by atoms with Crippen LogP contribution in [0.1, 0.15) is 48.1 Å². The van der Waals surface area contributed by atoms with Gasteiger partial charge in [-0.15, -0.1) is 0 Å². The Morgan fingerprint density at radius 3 is 2.18 bits per heavy atom. The normalized spacial score (nSPS) is 11.3. The van der Waals surface area contributed by atoms with Crippen molar-refractivity contribution in [3.05, 3.63) is 94.3 Å². The molecule has 3 rings (SSSR count). The fourth-order valence-electron chi connectivity index (χ4n) is 3.02. The number of rotatable bonds is 4. The molecule has 0 atom stereocenters. The quantitative estimate of drug-likeness (QED) is 0.530. The number of nitrogens with zero attached hydrogens (tertiary/aromatic N) is 2. The second kappa shape index (κ2) is 8.15. The number of anilines is 1. The third kappa shape index (κ3) is 4.79. The predicted octanol–water partition coefficient (Wildman–Crippen LogP) is 6.19. The molecule has 3 aromatic rings. The van der Waals surface area contributed by atoms with E-state index in [0.29, 0.717) is 17.1 Å². The summed E-state index contributed by atoms with van der Waals surface area (Å²) < 4.78 is 0. The fraction of sp³-hybridized carbons (Fsp3) is 0.250. The van der Waals surface area contributed by atoms with Crippen molar-refractivity contribution >= 4 is 23.2 Å². The summed E-state index contributed by atoms with van der Waals surface area (Å²) in [4.78, 5) is 19.6. The largest absolute Gasteiger partial charge is 0.302 e. The van der Waals surface area contributed by atoms with Gasteiger partial charge in [-0.2, -0.15) is 0 Å². The maximum Gasteiger partial charge on any atom is 0.258 e. The molecular formula is C24H25ClN2O. The van der Waals surface area contributed by atoms with Crippen molar-refractivity contribution in [2.75, 3.05) is 4.90 Å². The highest BCUT2D eigenvalue weighted by molar-refractivity contribution is 6.30. The summed E-state index contributed by atoms with van der Waals surface area (Å²) in [5.41, 5.74) is 4.45. The summed E-state index contributed by atoms with van der Waals surface area (Å²) >= 11 is 6.04. The molecule has 1 amide bonds. The molecule has 0 aliphatic heterocycles. The van der Waals surface area contributed by atoms with Crippen molar-refractivity contribution < 1.29 is 4.79 Å². The zero-order valence-corrected chi connectivity index (χ0v) is 17.5. The van der Waals surface area contributed by atoms with Crippen LogP contribution in [0, 0.1) is 6.92 Å². The van der Waals surface area contributed by atoms with E-state index in [2.05, 4.69) is 25.8 Å². The number of hydrogen-bond acceptors (Lipinski definition) is 2. The van der Waals surface area contributed by atoms with Crippen molar-refractivity contribution in [1.82, 2.24) is 4.98 Å². The first-order valence-electron chi connectivity index (χ1n) is 9.34. The highest BCUT2D eigenvalue weighted by Crippen LogP contribution is 2.25. The van der Waals surface area contributed by atoms with E-state index >= 15 is 0 Å². The molecule has 0 N–H and O–H groups in total. The van der Waals surface area contributed by atoms with E-state index in [1.165, 1.54) is 5.56 Å². The molecule has 0 radical (unpaired) electrons. The minimum atomic E-state index is -0.0638. The highest BCUT2D eigenvalue weighted by atomic mass is 35.5. The van der Waals surface area contributed by atoms with Crippen LogP contribution in [0.25, 0.3) is 0 Å². The van der Waals surface area contributed by atoms with Gasteiger partial charge in [0.2, 0.25) is 0 Å². The van der Waals surface area contributed by atoms with Crippen LogP contribution in [0.2, 0.25) is 5.02 Å². The Morgan fingerprint density at radius 2 is 1.61 bits per heavy atom. The van der Waals surface area contributed by atoms with Crippen molar-refractivity contribution in [2.24, 2.45) is 0 Å². The number of carbonyl (C=O) groups excluding carboxylic acids is 1. The molecule has 144 valence electrons. The topological polar surface area (TPSA) is 33.2 Å². The highest BCUT2D eigenvalue weighted by Gasteiger charge is 2.20. The lowest BCUT2D eigenvalue weighted by Crippen LogP contribution is -2.31. The molecule has 0 saturated heterocycles. The monoisotopic (exact) mass is 392 g/mol. The number of benzene rings is 2. The molecule has 0 unspecified atom stereocenters. The van der Waals surface area contributed by atoms with Gasteiger partial charge in [-0.1, -0.05) is 50.6 Å². The third-order valence-electron chi connectivity index (χ3n) is 4.65. The van der Waals surface area contributed by atoms with Gasteiger partial charge in [-0.25, -0.2) is 0 Å². The Morgan fingerprint density at radius 1 is 0.964 bits per heavy atom. The SMILES string of the molecule is Cc1cccc(CN(C(=O)c2ccc(C(C)(C)C)cc2)c2ccc(Cl)cc2)n1. The third-order valence-corrected chi connectivity index (χ3v) is 4.90. The number of halogens is 1. The molecule has 4 heteroatoms. The Hall–Kier alpha value is -2.65. The molecular weight excluding hydrogens is 368 g/mol. The van der Waals surface area contributed by atoms with Crippen molar-refractivity contribution in [2.45, 2.75) is 39.7 Å². The minimum absolute atomic E-state index is 0.0446. The van der Waals surface area contributed by atoms with Crippen LogP contribution in [0.15, 0.2) is 66.7 Å². The lowest BCUT2D eigenvalue weighted by Gasteiger charge is -2.24. The minimum Gasteiger partial charge on any atom is -0.302 e. The van der Waals surface area contributed by atoms with Gasteiger partial charge < -0.3 is 4.90 Å². The molecule has 28 heavy (non-hydrogen) atoms. The molecule has 1 heterocycles. The Bertz CT molecular complexity index is 957. The molecule has 0 fully saturated rings. The summed E-state index contributed by atoms with van der Waals surface area (Å²) in [6.07, 6.45) is 0. The molecule has 0 aliphatic rings. The van der Waals surface area contributed by atoms with Crippen LogP contribution in [-0.2, 0) is 12.0 Å². The van der Waals surface area contributed by atoms with Gasteiger partial charge in [0.25, 0.3) is 5.91 Å². The number of pyridine rings is 1. The maximum absolute atomic E-state index is 13.3. The van der Waals surface area contributed by atoms with Crippen LogP contribution >= 0.6 is 11.6 Å². The fourth-order valence-corrected chi connectivity index (χ4v) is 3.15. The van der Waals surface area contributed by atoms with Crippen LogP contribution in [0.5, 0.6) is 0 Å². The first-order chi connectivity index (χ1) is 13.2. The molecule has 0 bridgehead atoms. The van der Waals surface area contributed by atoms with Gasteiger partial charge in [0, 0.05) is 22.0 Å². The van der Waals surface area contributed by atoms with Gasteiger partial charge in [0.05, 0.1) is 12.2 Å². The summed E-state index contributed by atoms with van der Waals surface area (Å²) in [6, 6.07) is 21.0. The standard InChI is InChI=1S/C24H25ClN2O/c1-17-6-5-7-21(26-17)16-27(22-14-12-20(25)13-15-22)23(28)18-8-10-19(11-9-18)24(2,3)4/h5-15H,16H2,1-4H3. The maximum atomic E-state index is 13.3. The molecule has 2 aromatic carbocycles.